The zero-order valence-corrected chi connectivity index (χ0v) is 24.9. The average Bonchev–Trinajstić information content (AvgIpc) is 3.12. The number of ketones is 2. The number of Topliss-reactive ketones (excluding diaryl/α,β-unsaturated/α-hetero) is 1. The molecule has 0 aliphatic heterocycles. The van der Waals surface area contributed by atoms with Gasteiger partial charge in [-0.25, -0.2) is 4.39 Å². The minimum atomic E-state index is -1.63. The van der Waals surface area contributed by atoms with Crippen LogP contribution >= 0.6 is 11.6 Å². The quantitative estimate of drug-likeness (QED) is 0.216. The second kappa shape index (κ2) is 11.0. The van der Waals surface area contributed by atoms with Gasteiger partial charge in [0.2, 0.25) is 11.6 Å². The molecule has 0 radical (unpaired) electrons. The Bertz CT molecular complexity index is 1150. The van der Waals surface area contributed by atoms with Crippen LogP contribution in [0.3, 0.4) is 0 Å². The summed E-state index contributed by atoms with van der Waals surface area (Å²) in [5.74, 6) is -4.10. The van der Waals surface area contributed by atoms with Gasteiger partial charge in [0.1, 0.15) is 0 Å². The summed E-state index contributed by atoms with van der Waals surface area (Å²) < 4.78 is 26.6. The van der Waals surface area contributed by atoms with Crippen LogP contribution in [0, 0.1) is 28.6 Å². The summed E-state index contributed by atoms with van der Waals surface area (Å²) in [5.41, 5.74) is -3.46. The zero-order chi connectivity index (χ0) is 29.7. The number of halogens is 2. The molecule has 0 spiro atoms. The van der Waals surface area contributed by atoms with Crippen molar-refractivity contribution in [2.75, 3.05) is 6.61 Å². The number of fused-ring (bicyclic) bond motifs is 5. The van der Waals surface area contributed by atoms with E-state index in [9.17, 15) is 24.3 Å². The highest BCUT2D eigenvalue weighted by Gasteiger charge is 2.76. The number of rotatable bonds is 9. The molecule has 0 aromatic carbocycles. The number of unbranched alkanes of at least 4 members (excludes halogenated alkanes) is 2. The van der Waals surface area contributed by atoms with Crippen molar-refractivity contribution in [3.05, 3.63) is 23.6 Å². The summed E-state index contributed by atoms with van der Waals surface area (Å²) in [6.07, 6.45) is 5.44. The van der Waals surface area contributed by atoms with Crippen molar-refractivity contribution >= 4 is 35.1 Å². The number of aliphatic hydroxyl groups excluding tert-OH is 1. The molecule has 3 saturated carbocycles. The van der Waals surface area contributed by atoms with E-state index in [1.807, 2.05) is 20.8 Å². The number of hydrogen-bond acceptors (Lipinski definition) is 7. The molecule has 0 aromatic rings. The summed E-state index contributed by atoms with van der Waals surface area (Å²) in [7, 11) is 0. The fourth-order valence-electron chi connectivity index (χ4n) is 8.58. The van der Waals surface area contributed by atoms with Crippen LogP contribution < -0.4 is 0 Å². The van der Waals surface area contributed by atoms with E-state index in [-0.39, 0.29) is 37.5 Å². The van der Waals surface area contributed by atoms with Gasteiger partial charge in [-0.15, -0.1) is 11.6 Å². The third-order valence-electron chi connectivity index (χ3n) is 10.6. The molecule has 0 aromatic heterocycles. The number of hydrogen-bond donors (Lipinski definition) is 1. The molecule has 40 heavy (non-hydrogen) atoms. The predicted octanol–water partition coefficient (Wildman–Crippen LogP) is 5.55. The van der Waals surface area contributed by atoms with Crippen LogP contribution in [0.2, 0.25) is 0 Å². The number of esters is 2. The number of carbonyl (C=O) groups is 4. The Balaban J connectivity index is 1.78. The molecular weight excluding hydrogens is 539 g/mol. The van der Waals surface area contributed by atoms with E-state index in [1.54, 1.807) is 19.9 Å². The Morgan fingerprint density at radius 1 is 1.15 bits per heavy atom. The molecule has 2 unspecified atom stereocenters. The monoisotopic (exact) mass is 580 g/mol. The maximum atomic E-state index is 15.1. The summed E-state index contributed by atoms with van der Waals surface area (Å²) in [5, 5.41) is 11.9. The Hall–Kier alpha value is -2.06. The molecule has 4 aliphatic carbocycles. The summed E-state index contributed by atoms with van der Waals surface area (Å²) in [6, 6.07) is 0. The van der Waals surface area contributed by atoms with Gasteiger partial charge in [0.15, 0.2) is 18.0 Å². The fraction of sp³-hybridized carbons (Fsp3) is 0.742. The van der Waals surface area contributed by atoms with Crippen LogP contribution in [0.25, 0.3) is 0 Å². The average molecular weight is 581 g/mol. The zero-order valence-electron chi connectivity index (χ0n) is 24.2. The Morgan fingerprint density at radius 3 is 2.50 bits per heavy atom. The van der Waals surface area contributed by atoms with Gasteiger partial charge in [0.05, 0.1) is 11.0 Å². The van der Waals surface area contributed by atoms with Crippen LogP contribution in [0.15, 0.2) is 23.6 Å². The molecule has 0 amide bonds. The van der Waals surface area contributed by atoms with Gasteiger partial charge in [-0.2, -0.15) is 0 Å². The lowest BCUT2D eigenvalue weighted by Gasteiger charge is -2.64. The van der Waals surface area contributed by atoms with Crippen molar-refractivity contribution in [3.8, 4) is 0 Å². The second-order valence-corrected chi connectivity index (χ2v) is 13.2. The van der Waals surface area contributed by atoms with Gasteiger partial charge in [-0.05, 0) is 55.6 Å². The van der Waals surface area contributed by atoms with Gasteiger partial charge in [0.25, 0.3) is 0 Å². The van der Waals surface area contributed by atoms with E-state index in [1.165, 1.54) is 6.08 Å². The lowest BCUT2D eigenvalue weighted by atomic mass is 9.45. The van der Waals surface area contributed by atoms with E-state index in [4.69, 9.17) is 21.1 Å². The number of alkyl halides is 1. The molecule has 7 nitrogen and oxygen atoms in total. The number of carbonyl (C=O) groups excluding carboxylic acids is 4. The normalized spacial score (nSPS) is 40.2. The van der Waals surface area contributed by atoms with Crippen LogP contribution in [0.1, 0.15) is 92.4 Å². The number of ether oxygens (including phenoxy) is 2. The molecule has 0 bridgehead atoms. The summed E-state index contributed by atoms with van der Waals surface area (Å²) in [6.45, 7) is 8.62. The first-order valence-electron chi connectivity index (χ1n) is 14.6. The predicted molar refractivity (Wildman–Crippen MR) is 147 cm³/mol. The number of aliphatic hydroxyl groups is 1. The van der Waals surface area contributed by atoms with Gasteiger partial charge in [0, 0.05) is 29.6 Å². The van der Waals surface area contributed by atoms with E-state index in [0.29, 0.717) is 24.8 Å². The molecule has 9 heteroatoms. The lowest BCUT2D eigenvalue weighted by molar-refractivity contribution is -0.204. The minimum Gasteiger partial charge on any atom is -0.457 e. The molecule has 0 heterocycles. The van der Waals surface area contributed by atoms with Gasteiger partial charge in [-0.1, -0.05) is 53.5 Å². The molecular formula is C31H42ClFO7. The van der Waals surface area contributed by atoms with E-state index >= 15 is 4.39 Å². The smallest absolute Gasteiger partial charge is 0.306 e. The molecule has 4 rings (SSSR count). The lowest BCUT2D eigenvalue weighted by Crippen LogP contribution is -2.69. The second-order valence-electron chi connectivity index (χ2n) is 12.6. The maximum Gasteiger partial charge on any atom is 0.306 e. The third-order valence-corrected chi connectivity index (χ3v) is 11.5. The summed E-state index contributed by atoms with van der Waals surface area (Å²) >= 11 is 7.44. The standard InChI is InChI=1S/C31H42ClFO7/c1-6-8-9-10-26(38)40-31(24(36)17-39-25(37)7-2)18(3)15-21-19-11-12-20-27(33)22(34)13-14-28(20,4)30(19,32)23(35)16-29(21,31)5/h13-14,18-19,21,23,35H,6-12,15-17H2,1-5H3/t18?,19-,21-,23?,28-,29-,30-,31-/m0/s1. The molecule has 3 fully saturated rings. The minimum absolute atomic E-state index is 0.0178. The highest BCUT2D eigenvalue weighted by molar-refractivity contribution is 6.26. The highest BCUT2D eigenvalue weighted by atomic mass is 35.5. The van der Waals surface area contributed by atoms with Crippen LogP contribution in [-0.4, -0.2) is 51.8 Å². The molecule has 1 N–H and O–H groups in total. The highest BCUT2D eigenvalue weighted by Crippen LogP contribution is 2.72. The molecule has 4 aliphatic rings. The van der Waals surface area contributed by atoms with Crippen LogP contribution in [0.5, 0.6) is 0 Å². The van der Waals surface area contributed by atoms with Crippen molar-refractivity contribution in [1.82, 2.24) is 0 Å². The number of allylic oxidation sites excluding steroid dienone is 4. The fourth-order valence-corrected chi connectivity index (χ4v) is 9.10. The van der Waals surface area contributed by atoms with Gasteiger partial charge in [-0.3, -0.25) is 19.2 Å². The van der Waals surface area contributed by atoms with Gasteiger partial charge >= 0.3 is 11.9 Å². The van der Waals surface area contributed by atoms with Gasteiger partial charge < -0.3 is 14.6 Å². The van der Waals surface area contributed by atoms with Crippen molar-refractivity contribution in [1.29, 1.82) is 0 Å². The first-order valence-corrected chi connectivity index (χ1v) is 15.0. The topological polar surface area (TPSA) is 107 Å². The van der Waals surface area contributed by atoms with Crippen LogP contribution in [0.4, 0.5) is 4.39 Å². The largest absolute Gasteiger partial charge is 0.457 e. The Labute approximate surface area is 240 Å². The first-order chi connectivity index (χ1) is 18.7. The van der Waals surface area contributed by atoms with Crippen molar-refractivity contribution in [2.24, 2.45) is 28.6 Å². The Morgan fingerprint density at radius 2 is 1.85 bits per heavy atom. The summed E-state index contributed by atoms with van der Waals surface area (Å²) in [4.78, 5) is 50.1. The van der Waals surface area contributed by atoms with Crippen molar-refractivity contribution in [2.45, 2.75) is 109 Å². The van der Waals surface area contributed by atoms with Crippen LogP contribution in [-0.2, 0) is 28.7 Å². The third kappa shape index (κ3) is 4.31. The van der Waals surface area contributed by atoms with Crippen molar-refractivity contribution in [3.63, 3.8) is 0 Å². The molecule has 0 saturated heterocycles. The van der Waals surface area contributed by atoms with E-state index in [0.717, 1.165) is 12.8 Å². The first kappa shape index (κ1) is 30.9. The SMILES string of the molecule is CCCCCC(=O)O[C@]1(C(=O)COC(=O)CC)C(C)C[C@H]2[C@@H]3CCC4=C(F)C(=O)C=C[C@]4(C)[C@@]3(Cl)C(O)C[C@@]21C. The van der Waals surface area contributed by atoms with E-state index in [2.05, 4.69) is 0 Å². The van der Waals surface area contributed by atoms with Crippen molar-refractivity contribution < 1.29 is 38.1 Å². The maximum absolute atomic E-state index is 15.1. The molecule has 222 valence electrons. The molecule has 8 atom stereocenters. The van der Waals surface area contributed by atoms with E-state index < -0.39 is 69.3 Å². The Kier molecular flexibility index (Phi) is 8.47.